The maximum absolute atomic E-state index is 13.0. The van der Waals surface area contributed by atoms with Crippen LogP contribution in [-0.2, 0) is 16.6 Å². The lowest BCUT2D eigenvalue weighted by molar-refractivity contribution is 0.102. The second-order valence-electron chi connectivity index (χ2n) is 9.05. The Balaban J connectivity index is 1.45. The lowest BCUT2D eigenvalue weighted by Gasteiger charge is -2.30. The molecule has 10 heteroatoms. The van der Waals surface area contributed by atoms with Gasteiger partial charge in [0.15, 0.2) is 5.13 Å². The number of hydrogen-bond donors (Lipinski definition) is 2. The number of benzene rings is 1. The van der Waals surface area contributed by atoms with Gasteiger partial charge in [0, 0.05) is 30.1 Å². The van der Waals surface area contributed by atoms with Gasteiger partial charge in [0.1, 0.15) is 10.6 Å². The number of thiazole rings is 1. The molecule has 2 fully saturated rings. The Kier molecular flexibility index (Phi) is 7.68. The summed E-state index contributed by atoms with van der Waals surface area (Å²) in [6.45, 7) is 5.18. The number of ether oxygens (including phenoxy) is 1. The number of aromatic nitrogens is 1. The predicted molar refractivity (Wildman–Crippen MR) is 129 cm³/mol. The zero-order chi connectivity index (χ0) is 23.4. The lowest BCUT2D eigenvalue weighted by atomic mass is 10.0. The fraction of sp³-hybridized carbons (Fsp3) is 0.565. The Morgan fingerprint density at radius 2 is 2.03 bits per heavy atom. The first kappa shape index (κ1) is 24.1. The number of hydrogen-bond acceptors (Lipinski definition) is 7. The van der Waals surface area contributed by atoms with E-state index in [0.29, 0.717) is 11.0 Å². The van der Waals surface area contributed by atoms with Crippen LogP contribution in [0.5, 0.6) is 5.75 Å². The molecule has 2 aliphatic rings. The molecule has 2 N–H and O–H groups in total. The van der Waals surface area contributed by atoms with Crippen LogP contribution < -0.4 is 14.8 Å². The number of likely N-dealkylation sites (tertiary alicyclic amines) is 1. The molecule has 1 amide bonds. The highest BCUT2D eigenvalue weighted by atomic mass is 32.2. The minimum atomic E-state index is -3.81. The van der Waals surface area contributed by atoms with Crippen LogP contribution in [0.25, 0.3) is 0 Å². The molecule has 0 spiro atoms. The third-order valence-electron chi connectivity index (χ3n) is 6.29. The number of amides is 1. The van der Waals surface area contributed by atoms with E-state index in [0.717, 1.165) is 51.0 Å². The van der Waals surface area contributed by atoms with Gasteiger partial charge in [0.05, 0.1) is 12.8 Å². The second kappa shape index (κ2) is 10.5. The highest BCUT2D eigenvalue weighted by Crippen LogP contribution is 2.28. The molecule has 0 bridgehead atoms. The van der Waals surface area contributed by atoms with E-state index in [2.05, 4.69) is 26.8 Å². The summed E-state index contributed by atoms with van der Waals surface area (Å²) in [5, 5.41) is 5.27. The van der Waals surface area contributed by atoms with E-state index in [1.54, 1.807) is 6.07 Å². The van der Waals surface area contributed by atoms with Gasteiger partial charge in [-0.15, -0.1) is 11.3 Å². The maximum atomic E-state index is 13.0. The van der Waals surface area contributed by atoms with Crippen LogP contribution >= 0.6 is 11.3 Å². The van der Waals surface area contributed by atoms with Crippen molar-refractivity contribution < 1.29 is 17.9 Å². The van der Waals surface area contributed by atoms with Crippen molar-refractivity contribution in [2.24, 2.45) is 5.92 Å². The van der Waals surface area contributed by atoms with E-state index < -0.39 is 15.9 Å². The van der Waals surface area contributed by atoms with E-state index in [1.807, 2.05) is 5.38 Å². The molecule has 1 atom stereocenters. The number of anilines is 1. The minimum Gasteiger partial charge on any atom is -0.495 e. The maximum Gasteiger partial charge on any atom is 0.257 e. The first-order valence-electron chi connectivity index (χ1n) is 11.5. The topological polar surface area (TPSA) is 101 Å². The molecule has 2 heterocycles. The van der Waals surface area contributed by atoms with Crippen LogP contribution in [0.4, 0.5) is 5.13 Å². The average Bonchev–Trinajstić information content (AvgIpc) is 3.45. The van der Waals surface area contributed by atoms with Crippen LogP contribution in [0.1, 0.15) is 61.5 Å². The summed E-state index contributed by atoms with van der Waals surface area (Å²) in [4.78, 5) is 19.8. The average molecular weight is 493 g/mol. The molecule has 1 aliphatic heterocycles. The van der Waals surface area contributed by atoms with Crippen LogP contribution in [-0.4, -0.2) is 50.5 Å². The molecule has 0 unspecified atom stereocenters. The smallest absolute Gasteiger partial charge is 0.257 e. The minimum absolute atomic E-state index is 0.0244. The molecule has 8 nitrogen and oxygen atoms in total. The third kappa shape index (κ3) is 6.11. The molecule has 1 aliphatic carbocycles. The number of sulfonamides is 1. The zero-order valence-corrected chi connectivity index (χ0v) is 20.8. The Morgan fingerprint density at radius 1 is 1.24 bits per heavy atom. The quantitative estimate of drug-likeness (QED) is 0.580. The lowest BCUT2D eigenvalue weighted by Crippen LogP contribution is -2.33. The summed E-state index contributed by atoms with van der Waals surface area (Å²) in [7, 11) is -2.39. The van der Waals surface area contributed by atoms with Crippen molar-refractivity contribution >= 4 is 32.4 Å². The number of piperidine rings is 1. The van der Waals surface area contributed by atoms with Gasteiger partial charge in [-0.05, 0) is 56.3 Å². The van der Waals surface area contributed by atoms with Gasteiger partial charge in [0.2, 0.25) is 10.0 Å². The summed E-state index contributed by atoms with van der Waals surface area (Å²) in [5.74, 6) is 0.507. The number of nitrogens with zero attached hydrogens (tertiary/aromatic N) is 2. The summed E-state index contributed by atoms with van der Waals surface area (Å²) >= 11 is 1.38. The summed E-state index contributed by atoms with van der Waals surface area (Å²) in [6, 6.07) is 4.37. The van der Waals surface area contributed by atoms with Crippen LogP contribution in [0.3, 0.4) is 0 Å². The van der Waals surface area contributed by atoms with Crippen LogP contribution in [0.15, 0.2) is 28.5 Å². The van der Waals surface area contributed by atoms with Gasteiger partial charge in [-0.3, -0.25) is 15.0 Å². The fourth-order valence-corrected chi connectivity index (χ4v) is 6.82. The fourth-order valence-electron chi connectivity index (χ4n) is 4.62. The number of nitrogens with one attached hydrogen (secondary N) is 2. The van der Waals surface area contributed by atoms with Crippen molar-refractivity contribution in [3.05, 3.63) is 34.8 Å². The van der Waals surface area contributed by atoms with Crippen molar-refractivity contribution in [3.63, 3.8) is 0 Å². The standard InChI is InChI=1S/C23H32N4O4S2/c1-16-6-5-11-27(13-16)14-19-15-32-23(24-19)25-22(28)17-9-10-20(31-2)21(12-17)33(29,30)26-18-7-3-4-8-18/h9-10,12,15-16,18,26H,3-8,11,13-14H2,1-2H3,(H,24,25,28)/t16-/m0/s1. The molecule has 33 heavy (non-hydrogen) atoms. The van der Waals surface area contributed by atoms with E-state index in [1.165, 1.54) is 43.4 Å². The molecular formula is C23H32N4O4S2. The molecule has 2 aromatic rings. The molecule has 0 radical (unpaired) electrons. The van der Waals surface area contributed by atoms with Crippen molar-refractivity contribution in [1.29, 1.82) is 0 Å². The Bertz CT molecular complexity index is 1080. The molecule has 180 valence electrons. The predicted octanol–water partition coefficient (Wildman–Crippen LogP) is 3.86. The highest BCUT2D eigenvalue weighted by Gasteiger charge is 2.27. The normalized spacial score (nSPS) is 20.1. The summed E-state index contributed by atoms with van der Waals surface area (Å²) in [6.07, 6.45) is 6.14. The molecular weight excluding hydrogens is 460 g/mol. The number of carbonyl (C=O) groups excluding carboxylic acids is 1. The molecule has 1 saturated heterocycles. The third-order valence-corrected chi connectivity index (χ3v) is 8.64. The summed E-state index contributed by atoms with van der Waals surface area (Å²) < 4.78 is 34.0. The van der Waals surface area contributed by atoms with Gasteiger partial charge in [-0.2, -0.15) is 0 Å². The second-order valence-corrected chi connectivity index (χ2v) is 11.6. The van der Waals surface area contributed by atoms with Gasteiger partial charge in [0.25, 0.3) is 5.91 Å². The number of carbonyl (C=O) groups is 1. The first-order valence-corrected chi connectivity index (χ1v) is 13.9. The first-order chi connectivity index (χ1) is 15.8. The number of rotatable bonds is 8. The van der Waals surface area contributed by atoms with Crippen molar-refractivity contribution in [2.75, 3.05) is 25.5 Å². The van der Waals surface area contributed by atoms with Gasteiger partial charge in [-0.1, -0.05) is 19.8 Å². The molecule has 4 rings (SSSR count). The van der Waals surface area contributed by atoms with Gasteiger partial charge >= 0.3 is 0 Å². The summed E-state index contributed by atoms with van der Waals surface area (Å²) in [5.41, 5.74) is 1.17. The van der Waals surface area contributed by atoms with Crippen LogP contribution in [0, 0.1) is 5.92 Å². The molecule has 1 saturated carbocycles. The van der Waals surface area contributed by atoms with Gasteiger partial charge in [-0.25, -0.2) is 18.1 Å². The van der Waals surface area contributed by atoms with E-state index in [-0.39, 0.29) is 22.3 Å². The Morgan fingerprint density at radius 3 is 2.76 bits per heavy atom. The monoisotopic (exact) mass is 492 g/mol. The number of methoxy groups -OCH3 is 1. The molecule has 1 aromatic heterocycles. The Hall–Kier alpha value is -2.01. The molecule has 1 aromatic carbocycles. The van der Waals surface area contributed by atoms with Crippen molar-refractivity contribution in [3.8, 4) is 5.75 Å². The highest BCUT2D eigenvalue weighted by molar-refractivity contribution is 7.89. The zero-order valence-electron chi connectivity index (χ0n) is 19.2. The Labute approximate surface area is 199 Å². The van der Waals surface area contributed by atoms with E-state index >= 15 is 0 Å². The van der Waals surface area contributed by atoms with E-state index in [9.17, 15) is 13.2 Å². The van der Waals surface area contributed by atoms with Crippen molar-refractivity contribution in [2.45, 2.75) is 62.9 Å². The SMILES string of the molecule is COc1ccc(C(=O)Nc2nc(CN3CCC[C@H](C)C3)cs2)cc1S(=O)(=O)NC1CCCC1. The van der Waals surface area contributed by atoms with Crippen LogP contribution in [0.2, 0.25) is 0 Å². The van der Waals surface area contributed by atoms with Crippen molar-refractivity contribution in [1.82, 2.24) is 14.6 Å². The largest absolute Gasteiger partial charge is 0.495 e. The van der Waals surface area contributed by atoms with Gasteiger partial charge < -0.3 is 4.74 Å². The van der Waals surface area contributed by atoms with E-state index in [4.69, 9.17) is 4.74 Å².